The Labute approximate surface area is 104 Å². The van der Waals surface area contributed by atoms with Gasteiger partial charge in [0.1, 0.15) is 6.54 Å². The van der Waals surface area contributed by atoms with Gasteiger partial charge >= 0.3 is 5.97 Å². The molecule has 0 bridgehead atoms. The van der Waals surface area contributed by atoms with Crippen molar-refractivity contribution in [3.8, 4) is 0 Å². The molecular weight excluding hydrogens is 238 g/mol. The number of amides is 1. The zero-order chi connectivity index (χ0) is 13.1. The van der Waals surface area contributed by atoms with E-state index in [1.807, 2.05) is 0 Å². The smallest absolute Gasteiger partial charge is 0.323 e. The number of carboxylic acid groups (broad SMARTS) is 1. The minimum absolute atomic E-state index is 0.0348. The molecule has 1 aromatic heterocycles. The highest BCUT2D eigenvalue weighted by atomic mass is 16.5. The molecule has 0 aliphatic heterocycles. The second kappa shape index (κ2) is 5.16. The van der Waals surface area contributed by atoms with Gasteiger partial charge in [-0.1, -0.05) is 18.0 Å². The lowest BCUT2D eigenvalue weighted by molar-refractivity contribution is -0.138. The Bertz CT molecular complexity index is 451. The third-order valence-corrected chi connectivity index (χ3v) is 3.05. The number of aliphatic carboxylic acids is 1. The van der Waals surface area contributed by atoms with E-state index < -0.39 is 11.9 Å². The molecule has 1 saturated carbocycles. The van der Waals surface area contributed by atoms with Crippen LogP contribution < -0.4 is 0 Å². The van der Waals surface area contributed by atoms with Crippen molar-refractivity contribution in [3.05, 3.63) is 11.7 Å². The molecule has 1 N–H and O–H groups in total. The van der Waals surface area contributed by atoms with Crippen LogP contribution in [0.3, 0.4) is 0 Å². The lowest BCUT2D eigenvalue weighted by atomic mass is 10.2. The molecule has 0 atom stereocenters. The summed E-state index contributed by atoms with van der Waals surface area (Å²) in [4.78, 5) is 28.2. The van der Waals surface area contributed by atoms with Gasteiger partial charge in [0.25, 0.3) is 11.7 Å². The maximum Gasteiger partial charge on any atom is 0.323 e. The molecule has 0 saturated heterocycles. The quantitative estimate of drug-likeness (QED) is 0.854. The van der Waals surface area contributed by atoms with E-state index in [-0.39, 0.29) is 18.4 Å². The molecule has 1 aromatic rings. The summed E-state index contributed by atoms with van der Waals surface area (Å²) in [6.45, 7) is 1.26. The summed E-state index contributed by atoms with van der Waals surface area (Å²) in [5.74, 6) is -1.28. The van der Waals surface area contributed by atoms with Crippen LogP contribution in [0.5, 0.6) is 0 Å². The van der Waals surface area contributed by atoms with Crippen molar-refractivity contribution in [1.29, 1.82) is 0 Å². The zero-order valence-electron chi connectivity index (χ0n) is 10.1. The molecule has 7 heteroatoms. The molecule has 0 spiro atoms. The summed E-state index contributed by atoms with van der Waals surface area (Å²) in [6, 6.07) is -0.0348. The predicted molar refractivity (Wildman–Crippen MR) is 60.0 cm³/mol. The standard InChI is InChI=1S/C11H15N3O4/c1-7-12-10(13-18-7)11(17)14(6-9(15)16)8-4-2-3-5-8/h8H,2-6H2,1H3,(H,15,16). The third-order valence-electron chi connectivity index (χ3n) is 3.05. The van der Waals surface area contributed by atoms with Crippen molar-refractivity contribution in [2.75, 3.05) is 6.54 Å². The summed E-state index contributed by atoms with van der Waals surface area (Å²) in [7, 11) is 0. The van der Waals surface area contributed by atoms with E-state index in [4.69, 9.17) is 9.63 Å². The molecule has 2 rings (SSSR count). The largest absolute Gasteiger partial charge is 0.480 e. The number of carboxylic acids is 1. The van der Waals surface area contributed by atoms with Crippen LogP contribution in [0.15, 0.2) is 4.52 Å². The second-order valence-corrected chi connectivity index (χ2v) is 4.40. The number of carbonyl (C=O) groups excluding carboxylic acids is 1. The number of hydrogen-bond acceptors (Lipinski definition) is 5. The molecule has 18 heavy (non-hydrogen) atoms. The molecule has 0 aromatic carbocycles. The first-order valence-corrected chi connectivity index (χ1v) is 5.91. The van der Waals surface area contributed by atoms with E-state index in [2.05, 4.69) is 10.1 Å². The van der Waals surface area contributed by atoms with Crippen molar-refractivity contribution in [2.45, 2.75) is 38.6 Å². The topological polar surface area (TPSA) is 96.5 Å². The fourth-order valence-corrected chi connectivity index (χ4v) is 2.24. The van der Waals surface area contributed by atoms with Gasteiger partial charge in [0.05, 0.1) is 0 Å². The maximum absolute atomic E-state index is 12.2. The molecule has 0 radical (unpaired) electrons. The Morgan fingerprint density at radius 1 is 1.44 bits per heavy atom. The van der Waals surface area contributed by atoms with Crippen molar-refractivity contribution < 1.29 is 19.2 Å². The van der Waals surface area contributed by atoms with E-state index in [0.717, 1.165) is 25.7 Å². The van der Waals surface area contributed by atoms with E-state index in [1.54, 1.807) is 6.92 Å². The third kappa shape index (κ3) is 2.66. The molecule has 1 aliphatic carbocycles. The highest BCUT2D eigenvalue weighted by molar-refractivity contribution is 5.92. The summed E-state index contributed by atoms with van der Waals surface area (Å²) in [5.41, 5.74) is 0. The number of nitrogens with zero attached hydrogens (tertiary/aromatic N) is 3. The molecule has 0 unspecified atom stereocenters. The van der Waals surface area contributed by atoms with Gasteiger partial charge in [-0.3, -0.25) is 9.59 Å². The second-order valence-electron chi connectivity index (χ2n) is 4.40. The lowest BCUT2D eigenvalue weighted by Gasteiger charge is -2.25. The first kappa shape index (κ1) is 12.5. The van der Waals surface area contributed by atoms with E-state index in [9.17, 15) is 9.59 Å². The normalized spacial score (nSPS) is 15.8. The van der Waals surface area contributed by atoms with Gasteiger partial charge in [0.15, 0.2) is 0 Å². The summed E-state index contributed by atoms with van der Waals surface area (Å²) < 4.78 is 4.75. The fraction of sp³-hybridized carbons (Fsp3) is 0.636. The highest BCUT2D eigenvalue weighted by Gasteiger charge is 2.31. The van der Waals surface area contributed by atoms with Crippen LogP contribution in [-0.2, 0) is 4.79 Å². The SMILES string of the molecule is Cc1nc(C(=O)N(CC(=O)O)C2CCCC2)no1. The number of carbonyl (C=O) groups is 2. The number of hydrogen-bond donors (Lipinski definition) is 1. The molecule has 98 valence electrons. The van der Waals surface area contributed by atoms with Gasteiger partial charge in [0.2, 0.25) is 5.89 Å². The average molecular weight is 253 g/mol. The zero-order valence-corrected chi connectivity index (χ0v) is 10.1. The predicted octanol–water partition coefficient (Wildman–Crippen LogP) is 0.847. The maximum atomic E-state index is 12.2. The van der Waals surface area contributed by atoms with Crippen molar-refractivity contribution in [1.82, 2.24) is 15.0 Å². The van der Waals surface area contributed by atoms with Gasteiger partial charge < -0.3 is 14.5 Å². The van der Waals surface area contributed by atoms with E-state index in [0.29, 0.717) is 5.89 Å². The van der Waals surface area contributed by atoms with E-state index in [1.165, 1.54) is 4.90 Å². The van der Waals surface area contributed by atoms with Crippen LogP contribution in [0.4, 0.5) is 0 Å². The first-order valence-electron chi connectivity index (χ1n) is 5.91. The lowest BCUT2D eigenvalue weighted by Crippen LogP contribution is -2.42. The van der Waals surface area contributed by atoms with Crippen molar-refractivity contribution in [2.24, 2.45) is 0 Å². The number of aryl methyl sites for hydroxylation is 1. The Hall–Kier alpha value is -1.92. The van der Waals surface area contributed by atoms with Crippen LogP contribution in [-0.4, -0.2) is 44.6 Å². The van der Waals surface area contributed by atoms with Gasteiger partial charge in [-0.05, 0) is 12.8 Å². The molecule has 1 amide bonds. The number of rotatable bonds is 4. The Morgan fingerprint density at radius 3 is 2.61 bits per heavy atom. The summed E-state index contributed by atoms with van der Waals surface area (Å²) in [5, 5.41) is 12.4. The van der Waals surface area contributed by atoms with Crippen LogP contribution in [0, 0.1) is 6.92 Å². The van der Waals surface area contributed by atoms with Crippen LogP contribution in [0.1, 0.15) is 42.2 Å². The average Bonchev–Trinajstić information content (AvgIpc) is 2.95. The van der Waals surface area contributed by atoms with Crippen LogP contribution in [0.25, 0.3) is 0 Å². The minimum Gasteiger partial charge on any atom is -0.480 e. The summed E-state index contributed by atoms with van der Waals surface area (Å²) >= 11 is 0. The fourth-order valence-electron chi connectivity index (χ4n) is 2.24. The highest BCUT2D eigenvalue weighted by Crippen LogP contribution is 2.24. The van der Waals surface area contributed by atoms with Crippen LogP contribution in [0.2, 0.25) is 0 Å². The van der Waals surface area contributed by atoms with Gasteiger partial charge in [-0.25, -0.2) is 0 Å². The van der Waals surface area contributed by atoms with E-state index >= 15 is 0 Å². The molecule has 1 fully saturated rings. The van der Waals surface area contributed by atoms with Crippen molar-refractivity contribution >= 4 is 11.9 Å². The first-order chi connectivity index (χ1) is 8.58. The Balaban J connectivity index is 2.17. The van der Waals surface area contributed by atoms with Gasteiger partial charge in [0, 0.05) is 13.0 Å². The Morgan fingerprint density at radius 2 is 2.11 bits per heavy atom. The monoisotopic (exact) mass is 253 g/mol. The summed E-state index contributed by atoms with van der Waals surface area (Å²) in [6.07, 6.45) is 3.68. The molecular formula is C11H15N3O4. The van der Waals surface area contributed by atoms with Crippen LogP contribution >= 0.6 is 0 Å². The minimum atomic E-state index is -1.03. The molecule has 1 aliphatic rings. The van der Waals surface area contributed by atoms with Crippen molar-refractivity contribution in [3.63, 3.8) is 0 Å². The molecule has 1 heterocycles. The Kier molecular flexibility index (Phi) is 3.59. The number of aromatic nitrogens is 2. The molecule has 7 nitrogen and oxygen atoms in total. The van der Waals surface area contributed by atoms with Gasteiger partial charge in [-0.15, -0.1) is 0 Å². The van der Waals surface area contributed by atoms with Gasteiger partial charge in [-0.2, -0.15) is 4.98 Å².